The fourth-order valence-electron chi connectivity index (χ4n) is 1.97. The number of benzene rings is 1. The predicted molar refractivity (Wildman–Crippen MR) is 98.6 cm³/mol. The largest absolute Gasteiger partial charge is 0.440 e. The van der Waals surface area contributed by atoms with Crippen molar-refractivity contribution in [2.75, 3.05) is 7.11 Å². The second kappa shape index (κ2) is 8.25. The van der Waals surface area contributed by atoms with Gasteiger partial charge in [0, 0.05) is 16.7 Å². The molecule has 1 atom stereocenters. The molecule has 8 heteroatoms. The van der Waals surface area contributed by atoms with Crippen LogP contribution >= 0.6 is 47.2 Å². The highest BCUT2D eigenvalue weighted by Crippen LogP contribution is 2.36. The van der Waals surface area contributed by atoms with E-state index in [0.29, 0.717) is 32.8 Å². The Bertz CT molecular complexity index is 650. The van der Waals surface area contributed by atoms with Gasteiger partial charge in [0.15, 0.2) is 0 Å². The third kappa shape index (κ3) is 4.13. The molecule has 1 heterocycles. The molecule has 2 rings (SSSR count). The van der Waals surface area contributed by atoms with Crippen LogP contribution in [0.15, 0.2) is 33.6 Å². The summed E-state index contributed by atoms with van der Waals surface area (Å²) in [5.74, 6) is 1.04. The predicted octanol–water partition coefficient (Wildman–Crippen LogP) is 5.42. The molecule has 0 saturated heterocycles. The summed E-state index contributed by atoms with van der Waals surface area (Å²) in [6.45, 7) is 3.97. The van der Waals surface area contributed by atoms with Gasteiger partial charge in [0.25, 0.3) is 0 Å². The van der Waals surface area contributed by atoms with Crippen molar-refractivity contribution in [2.24, 2.45) is 10.1 Å². The highest BCUT2D eigenvalue weighted by atomic mass is 35.5. The highest BCUT2D eigenvalue weighted by molar-refractivity contribution is 6.39. The number of rotatable bonds is 4. The number of oxime groups is 1. The van der Waals surface area contributed by atoms with Crippen LogP contribution in [0.25, 0.3) is 0 Å². The molecule has 23 heavy (non-hydrogen) atoms. The van der Waals surface area contributed by atoms with Crippen LogP contribution in [-0.4, -0.2) is 24.8 Å². The van der Waals surface area contributed by atoms with Gasteiger partial charge in [0.1, 0.15) is 18.4 Å². The van der Waals surface area contributed by atoms with Crippen molar-refractivity contribution in [2.45, 2.75) is 25.8 Å². The lowest BCUT2D eigenvalue weighted by Gasteiger charge is -2.16. The second-order valence-corrected chi connectivity index (χ2v) is 5.92. The molecule has 1 aliphatic rings. The minimum atomic E-state index is -0.480. The molecule has 1 aromatic rings. The standard InChI is InChI=1S/C15H15Cl3N2O2.ClH/c1-4-15(2)13(7-16)22-14(20-15)9-5-11(17)10(8-19-21-3)12(18)6-9;/h5-8H,4H2,1-3H3;1H. The Morgan fingerprint density at radius 1 is 1.35 bits per heavy atom. The zero-order valence-corrected chi connectivity index (χ0v) is 15.9. The van der Waals surface area contributed by atoms with E-state index < -0.39 is 5.54 Å². The summed E-state index contributed by atoms with van der Waals surface area (Å²) in [4.78, 5) is 9.24. The Balaban J connectivity index is 0.00000264. The van der Waals surface area contributed by atoms with Crippen molar-refractivity contribution in [3.8, 4) is 0 Å². The molecule has 0 radical (unpaired) electrons. The quantitative estimate of drug-likeness (QED) is 0.502. The van der Waals surface area contributed by atoms with E-state index in [0.717, 1.165) is 6.42 Å². The molecule has 0 amide bonds. The molecule has 0 fully saturated rings. The molecule has 1 aliphatic heterocycles. The van der Waals surface area contributed by atoms with Crippen LogP contribution in [0, 0.1) is 0 Å². The van der Waals surface area contributed by atoms with Crippen molar-refractivity contribution in [1.82, 2.24) is 0 Å². The smallest absolute Gasteiger partial charge is 0.222 e. The average Bonchev–Trinajstić information content (AvgIpc) is 2.84. The van der Waals surface area contributed by atoms with Crippen LogP contribution in [0.3, 0.4) is 0 Å². The Morgan fingerprint density at radius 3 is 2.39 bits per heavy atom. The molecule has 1 unspecified atom stereocenters. The van der Waals surface area contributed by atoms with Crippen molar-refractivity contribution in [1.29, 1.82) is 0 Å². The zero-order valence-electron chi connectivity index (χ0n) is 12.8. The van der Waals surface area contributed by atoms with Crippen molar-refractivity contribution < 1.29 is 9.57 Å². The summed E-state index contributed by atoms with van der Waals surface area (Å²) in [6.07, 6.45) is 2.21. The van der Waals surface area contributed by atoms with E-state index in [1.807, 2.05) is 13.8 Å². The maximum absolute atomic E-state index is 6.24. The van der Waals surface area contributed by atoms with Crippen molar-refractivity contribution in [3.63, 3.8) is 0 Å². The summed E-state index contributed by atoms with van der Waals surface area (Å²) in [7, 11) is 1.44. The lowest BCUT2D eigenvalue weighted by Crippen LogP contribution is -2.19. The third-order valence-corrected chi connectivity index (χ3v) is 4.31. The average molecular weight is 398 g/mol. The zero-order chi connectivity index (χ0) is 16.3. The molecule has 0 aromatic heterocycles. The minimum absolute atomic E-state index is 0. The third-order valence-electron chi connectivity index (χ3n) is 3.49. The van der Waals surface area contributed by atoms with Gasteiger partial charge >= 0.3 is 0 Å². The van der Waals surface area contributed by atoms with Crippen LogP contribution < -0.4 is 0 Å². The number of ether oxygens (including phenoxy) is 1. The number of aliphatic imine (C=N–C) groups is 1. The van der Waals surface area contributed by atoms with Crippen LogP contribution in [0.2, 0.25) is 10.0 Å². The van der Waals surface area contributed by atoms with Gasteiger partial charge in [0.2, 0.25) is 5.90 Å². The molecular weight excluding hydrogens is 382 g/mol. The second-order valence-electron chi connectivity index (χ2n) is 4.89. The van der Waals surface area contributed by atoms with E-state index in [1.165, 1.54) is 18.9 Å². The molecule has 0 spiro atoms. The van der Waals surface area contributed by atoms with Gasteiger partial charge < -0.3 is 9.57 Å². The summed E-state index contributed by atoms with van der Waals surface area (Å²) in [5, 5.41) is 4.52. The van der Waals surface area contributed by atoms with Gasteiger partial charge in [-0.3, -0.25) is 0 Å². The maximum atomic E-state index is 6.24. The first-order chi connectivity index (χ1) is 10.4. The van der Waals surface area contributed by atoms with Crippen molar-refractivity contribution in [3.05, 3.63) is 44.6 Å². The van der Waals surface area contributed by atoms with Crippen molar-refractivity contribution >= 4 is 59.3 Å². The summed E-state index contributed by atoms with van der Waals surface area (Å²) < 4.78 is 5.74. The molecular formula is C15H16Cl4N2O2. The molecule has 0 bridgehead atoms. The van der Waals surface area contributed by atoms with Crippen LogP contribution in [0.1, 0.15) is 31.4 Å². The van der Waals surface area contributed by atoms with E-state index in [1.54, 1.807) is 12.1 Å². The summed E-state index contributed by atoms with van der Waals surface area (Å²) >= 11 is 18.3. The van der Waals surface area contributed by atoms with Gasteiger partial charge in [-0.1, -0.05) is 46.9 Å². The lowest BCUT2D eigenvalue weighted by molar-refractivity contribution is 0.215. The number of hydrogen-bond acceptors (Lipinski definition) is 4. The number of hydrogen-bond donors (Lipinski definition) is 0. The Labute approximate surface area is 156 Å². The fourth-order valence-corrected chi connectivity index (χ4v) is 2.83. The maximum Gasteiger partial charge on any atom is 0.222 e. The van der Waals surface area contributed by atoms with Gasteiger partial charge in [0.05, 0.1) is 16.3 Å². The lowest BCUT2D eigenvalue weighted by atomic mass is 9.99. The summed E-state index contributed by atoms with van der Waals surface area (Å²) in [6, 6.07) is 3.44. The van der Waals surface area contributed by atoms with Gasteiger partial charge in [-0.2, -0.15) is 0 Å². The molecule has 126 valence electrons. The van der Waals surface area contributed by atoms with Gasteiger partial charge in [-0.05, 0) is 25.5 Å². The highest BCUT2D eigenvalue weighted by Gasteiger charge is 2.36. The van der Waals surface area contributed by atoms with Crippen LogP contribution in [-0.2, 0) is 9.57 Å². The first-order valence-electron chi connectivity index (χ1n) is 6.59. The number of halogens is 4. The molecule has 0 N–H and O–H groups in total. The first kappa shape index (κ1) is 20.1. The van der Waals surface area contributed by atoms with E-state index in [4.69, 9.17) is 39.5 Å². The Morgan fingerprint density at radius 2 is 1.96 bits per heavy atom. The van der Waals surface area contributed by atoms with Crippen LogP contribution in [0.4, 0.5) is 0 Å². The SMILES string of the molecule is CCC1(C)N=C(c2cc(Cl)c(C=NOC)c(Cl)c2)OC1=CCl.Cl. The normalized spacial score (nSPS) is 22.0. The van der Waals surface area contributed by atoms with Gasteiger partial charge in [-0.25, -0.2) is 4.99 Å². The van der Waals surface area contributed by atoms with Gasteiger partial charge in [-0.15, -0.1) is 12.4 Å². The fraction of sp³-hybridized carbons (Fsp3) is 0.333. The van der Waals surface area contributed by atoms with E-state index in [-0.39, 0.29) is 12.4 Å². The minimum Gasteiger partial charge on any atom is -0.440 e. The Hall–Kier alpha value is -0.940. The molecule has 4 nitrogen and oxygen atoms in total. The first-order valence-corrected chi connectivity index (χ1v) is 7.79. The van der Waals surface area contributed by atoms with Crippen LogP contribution in [0.5, 0.6) is 0 Å². The molecule has 0 aliphatic carbocycles. The topological polar surface area (TPSA) is 43.2 Å². The van der Waals surface area contributed by atoms with E-state index >= 15 is 0 Å². The monoisotopic (exact) mass is 396 g/mol. The van der Waals surface area contributed by atoms with E-state index in [9.17, 15) is 0 Å². The Kier molecular flexibility index (Phi) is 7.21. The molecule has 1 aromatic carbocycles. The number of nitrogens with zero attached hydrogens (tertiary/aromatic N) is 2. The molecule has 0 saturated carbocycles. The summed E-state index contributed by atoms with van der Waals surface area (Å²) in [5.41, 5.74) is 2.17. The van der Waals surface area contributed by atoms with E-state index in [2.05, 4.69) is 15.0 Å².